The monoisotopic (exact) mass is 231 g/mol. The predicted molar refractivity (Wildman–Crippen MR) is 65.7 cm³/mol. The van der Waals surface area contributed by atoms with E-state index in [0.717, 1.165) is 24.4 Å². The fraction of sp³-hybridized carbons (Fsp3) is 0.417. The van der Waals surface area contributed by atoms with Gasteiger partial charge in [0.05, 0.1) is 5.69 Å². The zero-order valence-corrected chi connectivity index (χ0v) is 9.95. The lowest BCUT2D eigenvalue weighted by molar-refractivity contribution is 0.499. The van der Waals surface area contributed by atoms with Crippen molar-refractivity contribution in [2.24, 2.45) is 11.7 Å². The summed E-state index contributed by atoms with van der Waals surface area (Å²) >= 11 is 0. The van der Waals surface area contributed by atoms with E-state index in [0.29, 0.717) is 12.5 Å². The minimum absolute atomic E-state index is 0.434. The second-order valence-corrected chi connectivity index (χ2v) is 4.06. The molecular formula is C12H17N5. The molecular weight excluding hydrogens is 214 g/mol. The van der Waals surface area contributed by atoms with Gasteiger partial charge < -0.3 is 5.73 Å². The summed E-state index contributed by atoms with van der Waals surface area (Å²) in [5.41, 5.74) is 6.70. The zero-order valence-electron chi connectivity index (χ0n) is 9.95. The minimum Gasteiger partial charge on any atom is -0.330 e. The molecule has 0 aliphatic rings. The maximum atomic E-state index is 5.71. The number of hydrogen-bond acceptors (Lipinski definition) is 4. The van der Waals surface area contributed by atoms with E-state index in [-0.39, 0.29) is 0 Å². The third kappa shape index (κ3) is 2.68. The molecule has 0 spiro atoms. The van der Waals surface area contributed by atoms with Gasteiger partial charge in [0.25, 0.3) is 0 Å². The van der Waals surface area contributed by atoms with Gasteiger partial charge in [-0.15, -0.1) is 5.10 Å². The van der Waals surface area contributed by atoms with Gasteiger partial charge in [0.1, 0.15) is 0 Å². The molecule has 0 aliphatic heterocycles. The summed E-state index contributed by atoms with van der Waals surface area (Å²) in [6.45, 7) is 2.80. The molecule has 17 heavy (non-hydrogen) atoms. The van der Waals surface area contributed by atoms with E-state index in [4.69, 9.17) is 5.73 Å². The van der Waals surface area contributed by atoms with Crippen molar-refractivity contribution in [3.8, 4) is 5.69 Å². The van der Waals surface area contributed by atoms with Gasteiger partial charge in [-0.3, -0.25) is 0 Å². The van der Waals surface area contributed by atoms with Gasteiger partial charge in [0, 0.05) is 6.42 Å². The van der Waals surface area contributed by atoms with Crippen LogP contribution in [0.4, 0.5) is 0 Å². The Labute approximate surface area is 101 Å². The molecule has 0 bridgehead atoms. The summed E-state index contributed by atoms with van der Waals surface area (Å²) in [4.78, 5) is 0. The van der Waals surface area contributed by atoms with Gasteiger partial charge in [-0.25, -0.2) is 0 Å². The predicted octanol–water partition coefficient (Wildman–Crippen LogP) is 1.19. The molecule has 0 saturated heterocycles. The van der Waals surface area contributed by atoms with Crippen molar-refractivity contribution in [3.63, 3.8) is 0 Å². The number of nitrogens with zero attached hydrogens (tertiary/aromatic N) is 4. The van der Waals surface area contributed by atoms with E-state index >= 15 is 0 Å². The van der Waals surface area contributed by atoms with Crippen molar-refractivity contribution in [1.82, 2.24) is 20.2 Å². The molecule has 5 heteroatoms. The smallest absolute Gasteiger partial charge is 0.157 e. The lowest BCUT2D eigenvalue weighted by Gasteiger charge is -2.11. The fourth-order valence-electron chi connectivity index (χ4n) is 1.76. The molecule has 90 valence electrons. The summed E-state index contributed by atoms with van der Waals surface area (Å²) in [5, 5.41) is 11.8. The molecule has 0 saturated carbocycles. The highest BCUT2D eigenvalue weighted by Gasteiger charge is 2.12. The van der Waals surface area contributed by atoms with Crippen LogP contribution in [0.1, 0.15) is 19.2 Å². The van der Waals surface area contributed by atoms with Crippen LogP contribution in [0.2, 0.25) is 0 Å². The molecule has 0 fully saturated rings. The van der Waals surface area contributed by atoms with Crippen molar-refractivity contribution in [3.05, 3.63) is 36.2 Å². The van der Waals surface area contributed by atoms with Crippen molar-refractivity contribution < 1.29 is 0 Å². The Morgan fingerprint density at radius 1 is 1.29 bits per heavy atom. The molecule has 1 unspecified atom stereocenters. The average molecular weight is 231 g/mol. The Balaban J connectivity index is 2.23. The number of nitrogens with two attached hydrogens (primary N) is 1. The van der Waals surface area contributed by atoms with E-state index in [1.165, 1.54) is 0 Å². The van der Waals surface area contributed by atoms with Crippen molar-refractivity contribution in [2.75, 3.05) is 6.54 Å². The maximum absolute atomic E-state index is 5.71. The normalized spacial score (nSPS) is 12.6. The molecule has 2 aromatic rings. The van der Waals surface area contributed by atoms with Gasteiger partial charge >= 0.3 is 0 Å². The first-order chi connectivity index (χ1) is 8.35. The van der Waals surface area contributed by atoms with Crippen LogP contribution in [0.3, 0.4) is 0 Å². The summed E-state index contributed by atoms with van der Waals surface area (Å²) in [7, 11) is 0. The molecule has 1 heterocycles. The average Bonchev–Trinajstić information content (AvgIpc) is 2.85. The molecule has 2 rings (SSSR count). The summed E-state index contributed by atoms with van der Waals surface area (Å²) in [5.74, 6) is 1.30. The van der Waals surface area contributed by atoms with Crippen LogP contribution in [-0.2, 0) is 6.42 Å². The minimum atomic E-state index is 0.434. The highest BCUT2D eigenvalue weighted by atomic mass is 15.5. The third-order valence-electron chi connectivity index (χ3n) is 2.92. The molecule has 5 nitrogen and oxygen atoms in total. The number of tetrazole rings is 1. The van der Waals surface area contributed by atoms with Crippen molar-refractivity contribution in [2.45, 2.75) is 19.8 Å². The van der Waals surface area contributed by atoms with E-state index in [1.54, 1.807) is 4.68 Å². The van der Waals surface area contributed by atoms with Crippen LogP contribution in [0.25, 0.3) is 5.69 Å². The Bertz CT molecular complexity index is 447. The molecule has 2 N–H and O–H groups in total. The molecule has 1 aromatic carbocycles. The summed E-state index contributed by atoms with van der Waals surface area (Å²) < 4.78 is 1.78. The van der Waals surface area contributed by atoms with E-state index in [9.17, 15) is 0 Å². The second kappa shape index (κ2) is 5.54. The molecule has 0 radical (unpaired) electrons. The quantitative estimate of drug-likeness (QED) is 0.839. The topological polar surface area (TPSA) is 69.6 Å². The SMILES string of the molecule is CCC(CN)Cc1nnnn1-c1ccccc1. The van der Waals surface area contributed by atoms with E-state index in [1.807, 2.05) is 30.3 Å². The van der Waals surface area contributed by atoms with Crippen LogP contribution in [0.5, 0.6) is 0 Å². The standard InChI is InChI=1S/C12H17N5/c1-2-10(9-13)8-12-14-15-16-17(12)11-6-4-3-5-7-11/h3-7,10H,2,8-9,13H2,1H3. The van der Waals surface area contributed by atoms with Crippen LogP contribution in [0, 0.1) is 5.92 Å². The van der Waals surface area contributed by atoms with Crippen LogP contribution in [-0.4, -0.2) is 26.8 Å². The first-order valence-electron chi connectivity index (χ1n) is 5.88. The second-order valence-electron chi connectivity index (χ2n) is 4.06. The van der Waals surface area contributed by atoms with Crippen LogP contribution >= 0.6 is 0 Å². The summed E-state index contributed by atoms with van der Waals surface area (Å²) in [6, 6.07) is 9.90. The molecule has 1 aromatic heterocycles. The van der Waals surface area contributed by atoms with Crippen molar-refractivity contribution in [1.29, 1.82) is 0 Å². The highest BCUT2D eigenvalue weighted by Crippen LogP contribution is 2.12. The van der Waals surface area contributed by atoms with Crippen LogP contribution < -0.4 is 5.73 Å². The van der Waals surface area contributed by atoms with Gasteiger partial charge in [0.15, 0.2) is 5.82 Å². The lowest BCUT2D eigenvalue weighted by Crippen LogP contribution is -2.18. The number of rotatable bonds is 5. The summed E-state index contributed by atoms with van der Waals surface area (Å²) in [6.07, 6.45) is 1.85. The first kappa shape index (κ1) is 11.7. The molecule has 1 atom stereocenters. The van der Waals surface area contributed by atoms with Gasteiger partial charge in [0.2, 0.25) is 0 Å². The Morgan fingerprint density at radius 2 is 2.06 bits per heavy atom. The Morgan fingerprint density at radius 3 is 2.71 bits per heavy atom. The van der Waals surface area contributed by atoms with Gasteiger partial charge in [-0.1, -0.05) is 31.5 Å². The van der Waals surface area contributed by atoms with Gasteiger partial charge in [-0.05, 0) is 35.0 Å². The Kier molecular flexibility index (Phi) is 3.82. The molecule has 0 amide bonds. The maximum Gasteiger partial charge on any atom is 0.157 e. The van der Waals surface area contributed by atoms with Gasteiger partial charge in [-0.2, -0.15) is 4.68 Å². The van der Waals surface area contributed by atoms with E-state index < -0.39 is 0 Å². The lowest BCUT2D eigenvalue weighted by atomic mass is 10.0. The largest absolute Gasteiger partial charge is 0.330 e. The van der Waals surface area contributed by atoms with Crippen LogP contribution in [0.15, 0.2) is 30.3 Å². The zero-order chi connectivity index (χ0) is 12.1. The fourth-order valence-corrected chi connectivity index (χ4v) is 1.76. The number of para-hydroxylation sites is 1. The van der Waals surface area contributed by atoms with Crippen molar-refractivity contribution >= 4 is 0 Å². The van der Waals surface area contributed by atoms with E-state index in [2.05, 4.69) is 22.4 Å². The number of benzene rings is 1. The molecule has 0 aliphatic carbocycles. The third-order valence-corrected chi connectivity index (χ3v) is 2.92. The number of aromatic nitrogens is 4. The number of hydrogen-bond donors (Lipinski definition) is 1. The Hall–Kier alpha value is -1.75. The highest BCUT2D eigenvalue weighted by molar-refractivity contribution is 5.30. The first-order valence-corrected chi connectivity index (χ1v) is 5.88.